The second-order valence-electron chi connectivity index (χ2n) is 3.86. The van der Waals surface area contributed by atoms with E-state index in [-0.39, 0.29) is 17.9 Å². The van der Waals surface area contributed by atoms with Gasteiger partial charge in [0.05, 0.1) is 5.92 Å². The Hall–Kier alpha value is -1.35. The predicted molar refractivity (Wildman–Crippen MR) is 61.5 cm³/mol. The Balaban J connectivity index is 2.76. The molecule has 1 aromatic rings. The van der Waals surface area contributed by atoms with E-state index >= 15 is 0 Å². The summed E-state index contributed by atoms with van der Waals surface area (Å²) in [7, 11) is 0. The molecule has 0 aliphatic carbocycles. The van der Waals surface area contributed by atoms with Gasteiger partial charge in [0.25, 0.3) is 0 Å². The Bertz CT molecular complexity index is 309. The van der Waals surface area contributed by atoms with E-state index in [9.17, 15) is 4.79 Å². The molecule has 0 aromatic heterocycles. The highest BCUT2D eigenvalue weighted by molar-refractivity contribution is 5.84. The van der Waals surface area contributed by atoms with Crippen LogP contribution in [0.2, 0.25) is 0 Å². The van der Waals surface area contributed by atoms with E-state index in [0.29, 0.717) is 6.54 Å². The van der Waals surface area contributed by atoms with Crippen molar-refractivity contribution in [3.8, 4) is 0 Å². The molecule has 1 atom stereocenters. The molecule has 0 aliphatic heterocycles. The molecule has 3 nitrogen and oxygen atoms in total. The molecular formula is C12H18N2O. The van der Waals surface area contributed by atoms with E-state index in [1.165, 1.54) is 0 Å². The summed E-state index contributed by atoms with van der Waals surface area (Å²) in [5.74, 6) is -0.243. The zero-order valence-electron chi connectivity index (χ0n) is 9.23. The third kappa shape index (κ3) is 3.36. The molecule has 1 unspecified atom stereocenters. The van der Waals surface area contributed by atoms with Crippen molar-refractivity contribution >= 4 is 5.91 Å². The first-order valence-corrected chi connectivity index (χ1v) is 5.20. The van der Waals surface area contributed by atoms with Crippen LogP contribution in [0.1, 0.15) is 25.3 Å². The van der Waals surface area contributed by atoms with Gasteiger partial charge in [-0.2, -0.15) is 0 Å². The van der Waals surface area contributed by atoms with Crippen molar-refractivity contribution in [3.05, 3.63) is 35.9 Å². The van der Waals surface area contributed by atoms with Crippen molar-refractivity contribution in [2.45, 2.75) is 25.8 Å². The lowest BCUT2D eigenvalue weighted by molar-refractivity contribution is -0.122. The molecule has 3 heteroatoms. The van der Waals surface area contributed by atoms with Gasteiger partial charge in [-0.05, 0) is 19.4 Å². The van der Waals surface area contributed by atoms with Crippen molar-refractivity contribution in [2.24, 2.45) is 5.73 Å². The molecule has 0 radical (unpaired) electrons. The van der Waals surface area contributed by atoms with Gasteiger partial charge in [-0.1, -0.05) is 30.3 Å². The summed E-state index contributed by atoms with van der Waals surface area (Å²) >= 11 is 0. The number of nitrogens with two attached hydrogens (primary N) is 1. The van der Waals surface area contributed by atoms with Crippen LogP contribution in [0.5, 0.6) is 0 Å². The van der Waals surface area contributed by atoms with Crippen LogP contribution in [0, 0.1) is 0 Å². The highest BCUT2D eigenvalue weighted by Gasteiger charge is 2.18. The lowest BCUT2D eigenvalue weighted by Gasteiger charge is -2.17. The fourth-order valence-electron chi connectivity index (χ4n) is 1.46. The minimum absolute atomic E-state index is 0.00120. The maximum absolute atomic E-state index is 11.8. The minimum Gasteiger partial charge on any atom is -0.353 e. The first-order chi connectivity index (χ1) is 7.15. The van der Waals surface area contributed by atoms with E-state index in [1.54, 1.807) is 0 Å². The molecule has 0 bridgehead atoms. The summed E-state index contributed by atoms with van der Waals surface area (Å²) in [4.78, 5) is 11.8. The molecule has 0 aliphatic rings. The lowest BCUT2D eigenvalue weighted by atomic mass is 9.98. The maximum Gasteiger partial charge on any atom is 0.229 e. The standard InChI is InChI=1S/C12H18N2O/c1-9(2)14-12(15)11(8-13)10-6-4-3-5-7-10/h3-7,9,11H,8,13H2,1-2H3,(H,14,15). The van der Waals surface area contributed by atoms with E-state index in [1.807, 2.05) is 44.2 Å². The van der Waals surface area contributed by atoms with E-state index in [2.05, 4.69) is 5.32 Å². The molecule has 15 heavy (non-hydrogen) atoms. The normalized spacial score (nSPS) is 12.5. The van der Waals surface area contributed by atoms with E-state index in [0.717, 1.165) is 5.56 Å². The highest BCUT2D eigenvalue weighted by Crippen LogP contribution is 2.14. The molecule has 0 heterocycles. The van der Waals surface area contributed by atoms with Gasteiger partial charge in [0, 0.05) is 12.6 Å². The van der Waals surface area contributed by atoms with Gasteiger partial charge in [-0.25, -0.2) is 0 Å². The van der Waals surface area contributed by atoms with Crippen LogP contribution >= 0.6 is 0 Å². The molecule has 0 saturated heterocycles. The minimum atomic E-state index is -0.242. The van der Waals surface area contributed by atoms with Gasteiger partial charge in [0.15, 0.2) is 0 Å². The van der Waals surface area contributed by atoms with Crippen molar-refractivity contribution < 1.29 is 4.79 Å². The van der Waals surface area contributed by atoms with Crippen LogP contribution in [0.25, 0.3) is 0 Å². The van der Waals surface area contributed by atoms with Gasteiger partial charge in [-0.15, -0.1) is 0 Å². The van der Waals surface area contributed by atoms with Gasteiger partial charge >= 0.3 is 0 Å². The molecule has 0 spiro atoms. The Morgan fingerprint density at radius 2 is 1.93 bits per heavy atom. The summed E-state index contributed by atoms with van der Waals surface area (Å²) in [6.07, 6.45) is 0. The maximum atomic E-state index is 11.8. The summed E-state index contributed by atoms with van der Waals surface area (Å²) in [5.41, 5.74) is 6.59. The van der Waals surface area contributed by atoms with E-state index < -0.39 is 0 Å². The van der Waals surface area contributed by atoms with Gasteiger partial charge in [-0.3, -0.25) is 4.79 Å². The first-order valence-electron chi connectivity index (χ1n) is 5.20. The number of hydrogen-bond donors (Lipinski definition) is 2. The second-order valence-corrected chi connectivity index (χ2v) is 3.86. The molecule has 0 fully saturated rings. The quantitative estimate of drug-likeness (QED) is 0.779. The number of amides is 1. The number of carbonyl (C=O) groups is 1. The average Bonchev–Trinajstić information content (AvgIpc) is 2.19. The van der Waals surface area contributed by atoms with Crippen LogP contribution in [0.3, 0.4) is 0 Å². The Kier molecular flexibility index (Phi) is 4.31. The topological polar surface area (TPSA) is 55.1 Å². The number of benzene rings is 1. The summed E-state index contributed by atoms with van der Waals surface area (Å²) in [6, 6.07) is 9.77. The average molecular weight is 206 g/mol. The highest BCUT2D eigenvalue weighted by atomic mass is 16.1. The molecule has 1 rings (SSSR count). The number of rotatable bonds is 4. The Labute approximate surface area is 90.7 Å². The van der Waals surface area contributed by atoms with Crippen molar-refractivity contribution in [2.75, 3.05) is 6.54 Å². The summed E-state index contributed by atoms with van der Waals surface area (Å²) in [6.45, 7) is 4.22. The number of carbonyl (C=O) groups excluding carboxylic acids is 1. The fraction of sp³-hybridized carbons (Fsp3) is 0.417. The zero-order valence-corrected chi connectivity index (χ0v) is 9.23. The van der Waals surface area contributed by atoms with Crippen LogP contribution in [-0.4, -0.2) is 18.5 Å². The Morgan fingerprint density at radius 3 is 2.40 bits per heavy atom. The van der Waals surface area contributed by atoms with Gasteiger partial charge < -0.3 is 11.1 Å². The second kappa shape index (κ2) is 5.51. The van der Waals surface area contributed by atoms with Crippen molar-refractivity contribution in [1.82, 2.24) is 5.32 Å². The molecule has 3 N–H and O–H groups in total. The summed E-state index contributed by atoms with van der Waals surface area (Å²) in [5, 5.41) is 2.87. The van der Waals surface area contributed by atoms with Crippen LogP contribution in [-0.2, 0) is 4.79 Å². The largest absolute Gasteiger partial charge is 0.353 e. The number of hydrogen-bond acceptors (Lipinski definition) is 2. The SMILES string of the molecule is CC(C)NC(=O)C(CN)c1ccccc1. The molecule has 1 aromatic carbocycles. The monoisotopic (exact) mass is 206 g/mol. The van der Waals surface area contributed by atoms with Gasteiger partial charge in [0.1, 0.15) is 0 Å². The molecule has 1 amide bonds. The smallest absolute Gasteiger partial charge is 0.229 e. The molecular weight excluding hydrogens is 188 g/mol. The van der Waals surface area contributed by atoms with Gasteiger partial charge in [0.2, 0.25) is 5.91 Å². The third-order valence-corrected chi connectivity index (χ3v) is 2.19. The molecule has 0 saturated carbocycles. The lowest BCUT2D eigenvalue weighted by Crippen LogP contribution is -2.37. The fourth-order valence-corrected chi connectivity index (χ4v) is 1.46. The van der Waals surface area contributed by atoms with Crippen LogP contribution in [0.15, 0.2) is 30.3 Å². The summed E-state index contributed by atoms with van der Waals surface area (Å²) < 4.78 is 0. The number of nitrogens with one attached hydrogen (secondary N) is 1. The zero-order chi connectivity index (χ0) is 11.3. The predicted octanol–water partition coefficient (Wildman–Crippen LogP) is 1.25. The van der Waals surface area contributed by atoms with Crippen molar-refractivity contribution in [1.29, 1.82) is 0 Å². The Morgan fingerprint density at radius 1 is 1.33 bits per heavy atom. The molecule has 82 valence electrons. The third-order valence-electron chi connectivity index (χ3n) is 2.19. The first kappa shape index (κ1) is 11.7. The van der Waals surface area contributed by atoms with Crippen LogP contribution < -0.4 is 11.1 Å². The van der Waals surface area contributed by atoms with E-state index in [4.69, 9.17) is 5.73 Å². The van der Waals surface area contributed by atoms with Crippen molar-refractivity contribution in [3.63, 3.8) is 0 Å². The van der Waals surface area contributed by atoms with Crippen LogP contribution in [0.4, 0.5) is 0 Å².